The second-order valence-electron chi connectivity index (χ2n) is 6.26. The number of carbonyl (C=O) groups is 4. The van der Waals surface area contributed by atoms with E-state index >= 15 is 0 Å². The lowest BCUT2D eigenvalue weighted by Crippen LogP contribution is -2.28. The molecule has 0 amide bonds. The Morgan fingerprint density at radius 3 is 1.81 bits per heavy atom. The smallest absolute Gasteiger partial charge is 0.317 e. The van der Waals surface area contributed by atoms with Crippen molar-refractivity contribution in [1.82, 2.24) is 0 Å². The summed E-state index contributed by atoms with van der Waals surface area (Å²) in [5.74, 6) is -5.23. The van der Waals surface area contributed by atoms with Gasteiger partial charge in [-0.2, -0.15) is 0 Å². The summed E-state index contributed by atoms with van der Waals surface area (Å²) < 4.78 is 4.95. The highest BCUT2D eigenvalue weighted by molar-refractivity contribution is 5.90. The van der Waals surface area contributed by atoms with Gasteiger partial charge in [0.05, 0.1) is 18.9 Å². The quantitative estimate of drug-likeness (QED) is 0.212. The summed E-state index contributed by atoms with van der Waals surface area (Å²) in [6.07, 6.45) is 0.740. The van der Waals surface area contributed by atoms with Gasteiger partial charge in [0.1, 0.15) is 12.5 Å². The van der Waals surface area contributed by atoms with Crippen molar-refractivity contribution in [2.75, 3.05) is 0 Å². The van der Waals surface area contributed by atoms with E-state index in [9.17, 15) is 24.3 Å². The SMILES string of the molecule is CC(CC=CCC(C)C(CC(=O)O)OC(=O)CC(=O)O)C(O)CC(=O)O. The van der Waals surface area contributed by atoms with E-state index in [1.807, 2.05) is 0 Å². The summed E-state index contributed by atoms with van der Waals surface area (Å²) in [5.41, 5.74) is 0. The second-order valence-corrected chi connectivity index (χ2v) is 6.26. The molecule has 0 aromatic heterocycles. The average molecular weight is 374 g/mol. The zero-order valence-corrected chi connectivity index (χ0v) is 14.8. The van der Waals surface area contributed by atoms with Gasteiger partial charge in [0.2, 0.25) is 0 Å². The number of aliphatic hydroxyl groups excluding tert-OH is 1. The molecule has 0 rings (SSSR count). The molecule has 0 aliphatic rings. The number of carboxylic acids is 3. The minimum atomic E-state index is -1.36. The van der Waals surface area contributed by atoms with Crippen LogP contribution in [0.3, 0.4) is 0 Å². The Balaban J connectivity index is 4.56. The van der Waals surface area contributed by atoms with Crippen LogP contribution in [0.25, 0.3) is 0 Å². The van der Waals surface area contributed by atoms with Crippen molar-refractivity contribution in [2.45, 2.75) is 58.2 Å². The first-order valence-corrected chi connectivity index (χ1v) is 8.20. The van der Waals surface area contributed by atoms with Gasteiger partial charge in [-0.15, -0.1) is 0 Å². The highest BCUT2D eigenvalue weighted by Crippen LogP contribution is 2.18. The van der Waals surface area contributed by atoms with Crippen LogP contribution in [-0.4, -0.2) is 56.5 Å². The van der Waals surface area contributed by atoms with Gasteiger partial charge in [0.15, 0.2) is 0 Å². The van der Waals surface area contributed by atoms with Crippen molar-refractivity contribution >= 4 is 23.9 Å². The van der Waals surface area contributed by atoms with E-state index in [1.165, 1.54) is 0 Å². The minimum absolute atomic E-state index is 0.263. The van der Waals surface area contributed by atoms with E-state index < -0.39 is 48.9 Å². The minimum Gasteiger partial charge on any atom is -0.481 e. The van der Waals surface area contributed by atoms with Crippen LogP contribution in [0.4, 0.5) is 0 Å². The zero-order chi connectivity index (χ0) is 20.3. The van der Waals surface area contributed by atoms with Crippen molar-refractivity contribution in [2.24, 2.45) is 11.8 Å². The molecule has 0 saturated heterocycles. The molecule has 0 heterocycles. The Labute approximate surface area is 151 Å². The second kappa shape index (κ2) is 12.0. The van der Waals surface area contributed by atoms with Crippen molar-refractivity contribution in [3.8, 4) is 0 Å². The van der Waals surface area contributed by atoms with Crippen molar-refractivity contribution in [3.05, 3.63) is 12.2 Å². The molecule has 0 fully saturated rings. The van der Waals surface area contributed by atoms with Gasteiger partial charge in [-0.1, -0.05) is 26.0 Å². The third-order valence-corrected chi connectivity index (χ3v) is 3.81. The maximum Gasteiger partial charge on any atom is 0.317 e. The van der Waals surface area contributed by atoms with Crippen LogP contribution in [-0.2, 0) is 23.9 Å². The molecule has 4 unspecified atom stereocenters. The number of carbonyl (C=O) groups excluding carboxylic acids is 1. The molecule has 0 aliphatic carbocycles. The normalized spacial score (nSPS) is 15.8. The maximum atomic E-state index is 11.4. The van der Waals surface area contributed by atoms with E-state index in [0.29, 0.717) is 12.8 Å². The molecule has 0 aromatic carbocycles. The van der Waals surface area contributed by atoms with Crippen LogP contribution in [0.5, 0.6) is 0 Å². The molecule has 4 N–H and O–H groups in total. The molecule has 148 valence electrons. The number of aliphatic hydroxyl groups is 1. The largest absolute Gasteiger partial charge is 0.481 e. The Morgan fingerprint density at radius 2 is 1.35 bits per heavy atom. The van der Waals surface area contributed by atoms with E-state index in [4.69, 9.17) is 20.1 Å². The van der Waals surface area contributed by atoms with Crippen molar-refractivity contribution in [3.63, 3.8) is 0 Å². The molecule has 9 heteroatoms. The number of aliphatic carboxylic acids is 3. The van der Waals surface area contributed by atoms with Gasteiger partial charge in [0, 0.05) is 0 Å². The monoisotopic (exact) mass is 374 g/mol. The number of hydrogen-bond donors (Lipinski definition) is 4. The summed E-state index contributed by atoms with van der Waals surface area (Å²) in [7, 11) is 0. The number of allylic oxidation sites excluding steroid dienone is 2. The third kappa shape index (κ3) is 11.2. The van der Waals surface area contributed by atoms with Gasteiger partial charge >= 0.3 is 23.9 Å². The molecule has 9 nitrogen and oxygen atoms in total. The number of ether oxygens (including phenoxy) is 1. The topological polar surface area (TPSA) is 158 Å². The summed E-state index contributed by atoms with van der Waals surface area (Å²) in [4.78, 5) is 43.4. The van der Waals surface area contributed by atoms with Crippen LogP contribution in [0.15, 0.2) is 12.2 Å². The molecule has 4 atom stereocenters. The first kappa shape index (κ1) is 23.6. The first-order chi connectivity index (χ1) is 12.0. The van der Waals surface area contributed by atoms with E-state index in [1.54, 1.807) is 26.0 Å². The lowest BCUT2D eigenvalue weighted by molar-refractivity contribution is -0.159. The fourth-order valence-corrected chi connectivity index (χ4v) is 2.18. The van der Waals surface area contributed by atoms with Gasteiger partial charge in [0.25, 0.3) is 0 Å². The van der Waals surface area contributed by atoms with E-state index in [2.05, 4.69) is 0 Å². The molecular formula is C17H26O9. The molecule has 0 saturated carbocycles. The highest BCUT2D eigenvalue weighted by Gasteiger charge is 2.25. The number of esters is 1. The molecule has 26 heavy (non-hydrogen) atoms. The van der Waals surface area contributed by atoms with Crippen molar-refractivity contribution in [1.29, 1.82) is 0 Å². The van der Waals surface area contributed by atoms with E-state index in [-0.39, 0.29) is 18.3 Å². The number of rotatable bonds is 13. The highest BCUT2D eigenvalue weighted by atomic mass is 16.5. The Kier molecular flexibility index (Phi) is 10.9. The zero-order valence-electron chi connectivity index (χ0n) is 14.8. The average Bonchev–Trinajstić information content (AvgIpc) is 2.48. The Hall–Kier alpha value is -2.42. The van der Waals surface area contributed by atoms with Gasteiger partial charge in [-0.05, 0) is 24.7 Å². The third-order valence-electron chi connectivity index (χ3n) is 3.81. The fourth-order valence-electron chi connectivity index (χ4n) is 2.18. The molecule has 0 radical (unpaired) electrons. The predicted molar refractivity (Wildman–Crippen MR) is 89.3 cm³/mol. The van der Waals surface area contributed by atoms with Crippen molar-refractivity contribution < 1.29 is 44.3 Å². The van der Waals surface area contributed by atoms with Crippen LogP contribution in [0.2, 0.25) is 0 Å². The lowest BCUT2D eigenvalue weighted by Gasteiger charge is -2.21. The van der Waals surface area contributed by atoms with Crippen LogP contribution in [0.1, 0.15) is 46.0 Å². The molecule has 0 bridgehead atoms. The summed E-state index contributed by atoms with van der Waals surface area (Å²) in [5, 5.41) is 35.8. The number of hydrogen-bond acceptors (Lipinski definition) is 6. The molecule has 0 aliphatic heterocycles. The lowest BCUT2D eigenvalue weighted by atomic mass is 9.95. The number of carboxylic acid groups (broad SMARTS) is 3. The standard InChI is InChI=1S/C17H26O9/c1-10(12(18)7-14(19)20)5-3-4-6-11(2)13(8-15(21)22)26-17(25)9-16(23)24/h3-4,10-13,18H,5-9H2,1-2H3,(H,19,20)(H,21,22)(H,23,24). The predicted octanol–water partition coefficient (Wildman–Crippen LogP) is 1.29. The van der Waals surface area contributed by atoms with Crippen LogP contribution in [0, 0.1) is 11.8 Å². The van der Waals surface area contributed by atoms with Gasteiger partial charge < -0.3 is 25.2 Å². The summed E-state index contributed by atoms with van der Waals surface area (Å²) in [6.45, 7) is 3.39. The Bertz CT molecular complexity index is 526. The van der Waals surface area contributed by atoms with Crippen LogP contribution >= 0.6 is 0 Å². The Morgan fingerprint density at radius 1 is 0.846 bits per heavy atom. The first-order valence-electron chi connectivity index (χ1n) is 8.20. The molecular weight excluding hydrogens is 348 g/mol. The van der Waals surface area contributed by atoms with Gasteiger partial charge in [-0.3, -0.25) is 19.2 Å². The van der Waals surface area contributed by atoms with Gasteiger partial charge in [-0.25, -0.2) is 0 Å². The fraction of sp³-hybridized carbons (Fsp3) is 0.647. The molecule has 0 spiro atoms. The van der Waals surface area contributed by atoms with E-state index in [0.717, 1.165) is 0 Å². The summed E-state index contributed by atoms with van der Waals surface area (Å²) in [6, 6.07) is 0. The maximum absolute atomic E-state index is 11.4. The summed E-state index contributed by atoms with van der Waals surface area (Å²) >= 11 is 0. The molecule has 0 aromatic rings. The van der Waals surface area contributed by atoms with Crippen LogP contribution < -0.4 is 0 Å².